The number of thiophene rings is 1. The van der Waals surface area contributed by atoms with Crippen molar-refractivity contribution in [1.29, 1.82) is 0 Å². The number of sulfonamides is 1. The summed E-state index contributed by atoms with van der Waals surface area (Å²) in [6, 6.07) is 18.0. The second-order valence-electron chi connectivity index (χ2n) is 5.09. The first-order chi connectivity index (χ1) is 11.5. The third-order valence-corrected chi connectivity index (χ3v) is 6.34. The fourth-order valence-corrected chi connectivity index (χ4v) is 4.26. The van der Waals surface area contributed by atoms with Gasteiger partial charge in [-0.05, 0) is 53.4 Å². The maximum absolute atomic E-state index is 12.2. The Balaban J connectivity index is 1.62. The van der Waals surface area contributed by atoms with Crippen LogP contribution in [-0.4, -0.2) is 8.42 Å². The second-order valence-corrected chi connectivity index (χ2v) is 8.39. The first-order valence-corrected chi connectivity index (χ1v) is 9.92. The molecular formula is C17H15ClN2O2S2. The van der Waals surface area contributed by atoms with E-state index in [9.17, 15) is 8.42 Å². The van der Waals surface area contributed by atoms with Gasteiger partial charge in [-0.2, -0.15) is 0 Å². The summed E-state index contributed by atoms with van der Waals surface area (Å²) >= 11 is 7.05. The van der Waals surface area contributed by atoms with Gasteiger partial charge in [-0.25, -0.2) is 8.42 Å². The lowest BCUT2D eigenvalue weighted by molar-refractivity contribution is 0.603. The predicted octanol–water partition coefficient (Wildman–Crippen LogP) is 4.81. The molecule has 0 fully saturated rings. The Labute approximate surface area is 150 Å². The van der Waals surface area contributed by atoms with Crippen LogP contribution < -0.4 is 10.0 Å². The third-order valence-electron chi connectivity index (χ3n) is 3.31. The molecule has 7 heteroatoms. The number of hydrogen-bond donors (Lipinski definition) is 2. The number of hydrogen-bond acceptors (Lipinski definition) is 4. The molecular weight excluding hydrogens is 364 g/mol. The molecule has 2 aromatic carbocycles. The molecule has 3 rings (SSSR count). The summed E-state index contributed by atoms with van der Waals surface area (Å²) in [5.41, 5.74) is 2.55. The standard InChI is InChI=1S/C17H15ClN2O2S2/c18-14-5-3-13(4-6-14)12-19-15-7-9-16(10-8-15)20-24(21,22)17-2-1-11-23-17/h1-11,19-20H,12H2. The molecule has 0 radical (unpaired) electrons. The number of nitrogens with one attached hydrogen (secondary N) is 2. The van der Waals surface area contributed by atoms with Crippen LogP contribution in [0.1, 0.15) is 5.56 Å². The largest absolute Gasteiger partial charge is 0.381 e. The van der Waals surface area contributed by atoms with Gasteiger partial charge in [-0.1, -0.05) is 29.8 Å². The van der Waals surface area contributed by atoms with E-state index in [1.54, 1.807) is 29.6 Å². The Kier molecular flexibility index (Phi) is 5.08. The number of rotatable bonds is 6. The summed E-state index contributed by atoms with van der Waals surface area (Å²) in [5, 5.41) is 5.72. The molecule has 0 unspecified atom stereocenters. The summed E-state index contributed by atoms with van der Waals surface area (Å²) in [4.78, 5) is 0. The van der Waals surface area contributed by atoms with Crippen LogP contribution in [0, 0.1) is 0 Å². The maximum Gasteiger partial charge on any atom is 0.271 e. The van der Waals surface area contributed by atoms with E-state index >= 15 is 0 Å². The summed E-state index contributed by atoms with van der Waals surface area (Å²) in [7, 11) is -3.51. The molecule has 0 saturated heterocycles. The van der Waals surface area contributed by atoms with Gasteiger partial charge in [0.25, 0.3) is 10.0 Å². The topological polar surface area (TPSA) is 58.2 Å². The van der Waals surface area contributed by atoms with Crippen molar-refractivity contribution in [2.24, 2.45) is 0 Å². The van der Waals surface area contributed by atoms with E-state index in [1.165, 1.54) is 11.3 Å². The SMILES string of the molecule is O=S(=O)(Nc1ccc(NCc2ccc(Cl)cc2)cc1)c1cccs1. The first kappa shape index (κ1) is 16.8. The third kappa shape index (κ3) is 4.29. The molecule has 3 aromatic rings. The molecule has 0 amide bonds. The van der Waals surface area contributed by atoms with Gasteiger partial charge in [-0.15, -0.1) is 11.3 Å². The highest BCUT2D eigenvalue weighted by Gasteiger charge is 2.14. The molecule has 24 heavy (non-hydrogen) atoms. The predicted molar refractivity (Wildman–Crippen MR) is 100 cm³/mol. The highest BCUT2D eigenvalue weighted by atomic mass is 35.5. The van der Waals surface area contributed by atoms with E-state index in [1.807, 2.05) is 36.4 Å². The molecule has 0 spiro atoms. The second kappa shape index (κ2) is 7.25. The summed E-state index contributed by atoms with van der Waals surface area (Å²) in [5.74, 6) is 0. The van der Waals surface area contributed by atoms with Gasteiger partial charge >= 0.3 is 0 Å². The van der Waals surface area contributed by atoms with Crippen molar-refractivity contribution in [2.45, 2.75) is 10.8 Å². The molecule has 0 saturated carbocycles. The van der Waals surface area contributed by atoms with E-state index in [0.717, 1.165) is 11.3 Å². The first-order valence-electron chi connectivity index (χ1n) is 7.18. The van der Waals surface area contributed by atoms with Gasteiger partial charge in [0.15, 0.2) is 0 Å². The molecule has 0 aliphatic carbocycles. The summed E-state index contributed by atoms with van der Waals surface area (Å²) in [6.07, 6.45) is 0. The Bertz CT molecular complexity index is 891. The molecule has 0 bridgehead atoms. The Morgan fingerprint density at radius 1 is 0.917 bits per heavy atom. The minimum atomic E-state index is -3.51. The van der Waals surface area contributed by atoms with Gasteiger partial charge in [0.2, 0.25) is 0 Å². The van der Waals surface area contributed by atoms with Gasteiger partial charge in [0.05, 0.1) is 0 Å². The average Bonchev–Trinajstić information content (AvgIpc) is 3.11. The summed E-state index contributed by atoms with van der Waals surface area (Å²) < 4.78 is 27.2. The molecule has 4 nitrogen and oxygen atoms in total. The lowest BCUT2D eigenvalue weighted by atomic mass is 10.2. The van der Waals surface area contributed by atoms with E-state index in [-0.39, 0.29) is 0 Å². The van der Waals surface area contributed by atoms with Crippen LogP contribution in [0.25, 0.3) is 0 Å². The quantitative estimate of drug-likeness (QED) is 0.646. The zero-order chi connectivity index (χ0) is 17.0. The van der Waals surface area contributed by atoms with E-state index < -0.39 is 10.0 Å². The van der Waals surface area contributed by atoms with Crippen molar-refractivity contribution in [3.63, 3.8) is 0 Å². The number of halogens is 1. The van der Waals surface area contributed by atoms with E-state index in [0.29, 0.717) is 21.5 Å². The molecule has 0 atom stereocenters. The number of benzene rings is 2. The molecule has 0 aliphatic heterocycles. The van der Waals surface area contributed by atoms with Crippen LogP contribution in [-0.2, 0) is 16.6 Å². The Morgan fingerprint density at radius 3 is 2.21 bits per heavy atom. The average molecular weight is 379 g/mol. The summed E-state index contributed by atoms with van der Waals surface area (Å²) in [6.45, 7) is 0.664. The normalized spacial score (nSPS) is 11.2. The van der Waals surface area contributed by atoms with Crippen LogP contribution >= 0.6 is 22.9 Å². The molecule has 0 aliphatic rings. The zero-order valence-corrected chi connectivity index (χ0v) is 15.0. The Morgan fingerprint density at radius 2 is 1.58 bits per heavy atom. The maximum atomic E-state index is 12.2. The fraction of sp³-hybridized carbons (Fsp3) is 0.0588. The van der Waals surface area contributed by atoms with Crippen LogP contribution in [0.2, 0.25) is 5.02 Å². The molecule has 124 valence electrons. The van der Waals surface area contributed by atoms with Crippen molar-refractivity contribution >= 4 is 44.3 Å². The lowest BCUT2D eigenvalue weighted by Crippen LogP contribution is -2.11. The van der Waals surface area contributed by atoms with Crippen molar-refractivity contribution in [2.75, 3.05) is 10.0 Å². The van der Waals surface area contributed by atoms with Crippen molar-refractivity contribution < 1.29 is 8.42 Å². The lowest BCUT2D eigenvalue weighted by Gasteiger charge is -2.09. The van der Waals surface area contributed by atoms with Gasteiger partial charge in [0.1, 0.15) is 4.21 Å². The minimum Gasteiger partial charge on any atom is -0.381 e. The zero-order valence-electron chi connectivity index (χ0n) is 12.6. The molecule has 1 aromatic heterocycles. The van der Waals surface area contributed by atoms with Crippen LogP contribution in [0.5, 0.6) is 0 Å². The fourth-order valence-electron chi connectivity index (χ4n) is 2.08. The minimum absolute atomic E-state index is 0.299. The van der Waals surface area contributed by atoms with Crippen molar-refractivity contribution in [3.05, 3.63) is 76.6 Å². The van der Waals surface area contributed by atoms with E-state index in [4.69, 9.17) is 11.6 Å². The van der Waals surface area contributed by atoms with Gasteiger partial charge in [0, 0.05) is 22.9 Å². The molecule has 1 heterocycles. The van der Waals surface area contributed by atoms with E-state index in [2.05, 4.69) is 10.0 Å². The Hall–Kier alpha value is -2.02. The van der Waals surface area contributed by atoms with Crippen LogP contribution in [0.4, 0.5) is 11.4 Å². The smallest absolute Gasteiger partial charge is 0.271 e. The monoisotopic (exact) mass is 378 g/mol. The van der Waals surface area contributed by atoms with Gasteiger partial charge < -0.3 is 5.32 Å². The number of anilines is 2. The van der Waals surface area contributed by atoms with Crippen LogP contribution in [0.3, 0.4) is 0 Å². The van der Waals surface area contributed by atoms with Crippen molar-refractivity contribution in [3.8, 4) is 0 Å². The molecule has 2 N–H and O–H groups in total. The van der Waals surface area contributed by atoms with Crippen molar-refractivity contribution in [1.82, 2.24) is 0 Å². The highest BCUT2D eigenvalue weighted by Crippen LogP contribution is 2.21. The van der Waals surface area contributed by atoms with Gasteiger partial charge in [-0.3, -0.25) is 4.72 Å². The highest BCUT2D eigenvalue weighted by molar-refractivity contribution is 7.94. The van der Waals surface area contributed by atoms with Crippen LogP contribution in [0.15, 0.2) is 70.3 Å².